The number of nitrogens with two attached hydrogens (primary N) is 2. The Morgan fingerprint density at radius 3 is 2.43 bits per heavy atom. The standard InChI is InChI=1S/C14H20FN3O3/c15-10-5-3-9(4-6-10)8-11(17)13(19)18-12(14(20)21)2-1-7-16/h3-6,11-12H,1-2,7-8,16-17H2,(H,18,19)(H,20,21)/t11-,12-/m0/s1. The summed E-state index contributed by atoms with van der Waals surface area (Å²) in [4.78, 5) is 22.9. The van der Waals surface area contributed by atoms with Crippen molar-refractivity contribution in [2.45, 2.75) is 31.3 Å². The molecule has 0 aliphatic carbocycles. The van der Waals surface area contributed by atoms with E-state index < -0.39 is 24.0 Å². The van der Waals surface area contributed by atoms with Crippen LogP contribution in [0.5, 0.6) is 0 Å². The molecule has 1 aromatic carbocycles. The van der Waals surface area contributed by atoms with Crippen LogP contribution in [0, 0.1) is 5.82 Å². The Hall–Kier alpha value is -1.99. The number of aliphatic carboxylic acids is 1. The SMILES string of the molecule is NCCC[C@H](NC(=O)[C@@H](N)Cc1ccc(F)cc1)C(=O)O. The van der Waals surface area contributed by atoms with Crippen molar-refractivity contribution in [3.63, 3.8) is 0 Å². The zero-order valence-corrected chi connectivity index (χ0v) is 11.6. The van der Waals surface area contributed by atoms with Crippen LogP contribution in [0.15, 0.2) is 24.3 Å². The van der Waals surface area contributed by atoms with Crippen LogP contribution in [0.2, 0.25) is 0 Å². The molecular weight excluding hydrogens is 277 g/mol. The van der Waals surface area contributed by atoms with Crippen molar-refractivity contribution in [3.05, 3.63) is 35.6 Å². The molecule has 2 atom stereocenters. The fourth-order valence-electron chi connectivity index (χ4n) is 1.83. The van der Waals surface area contributed by atoms with Crippen LogP contribution in [0.25, 0.3) is 0 Å². The predicted molar refractivity (Wildman–Crippen MR) is 75.9 cm³/mol. The Morgan fingerprint density at radius 1 is 1.29 bits per heavy atom. The second-order valence-electron chi connectivity index (χ2n) is 4.77. The highest BCUT2D eigenvalue weighted by Gasteiger charge is 2.22. The number of hydrogen-bond acceptors (Lipinski definition) is 4. The van der Waals surface area contributed by atoms with E-state index in [1.54, 1.807) is 0 Å². The van der Waals surface area contributed by atoms with Crippen LogP contribution in [0.1, 0.15) is 18.4 Å². The largest absolute Gasteiger partial charge is 0.480 e. The normalized spacial score (nSPS) is 13.5. The van der Waals surface area contributed by atoms with Crippen LogP contribution in [-0.4, -0.2) is 35.6 Å². The summed E-state index contributed by atoms with van der Waals surface area (Å²) in [5.74, 6) is -2.04. The minimum Gasteiger partial charge on any atom is -0.480 e. The maximum Gasteiger partial charge on any atom is 0.326 e. The summed E-state index contributed by atoms with van der Waals surface area (Å²) in [7, 11) is 0. The molecule has 0 aliphatic rings. The molecule has 0 aromatic heterocycles. The van der Waals surface area contributed by atoms with Gasteiger partial charge < -0.3 is 21.9 Å². The number of carbonyl (C=O) groups is 2. The number of nitrogens with one attached hydrogen (secondary N) is 1. The number of benzene rings is 1. The van der Waals surface area contributed by atoms with Crippen molar-refractivity contribution >= 4 is 11.9 Å². The molecule has 116 valence electrons. The van der Waals surface area contributed by atoms with Gasteiger partial charge in [0.25, 0.3) is 0 Å². The van der Waals surface area contributed by atoms with Crippen molar-refractivity contribution in [3.8, 4) is 0 Å². The average molecular weight is 297 g/mol. The van der Waals surface area contributed by atoms with Crippen LogP contribution < -0.4 is 16.8 Å². The molecule has 0 fully saturated rings. The van der Waals surface area contributed by atoms with Crippen molar-refractivity contribution in [1.29, 1.82) is 0 Å². The zero-order chi connectivity index (χ0) is 15.8. The van der Waals surface area contributed by atoms with E-state index in [1.165, 1.54) is 24.3 Å². The fourth-order valence-corrected chi connectivity index (χ4v) is 1.83. The Kier molecular flexibility index (Phi) is 6.77. The Bertz CT molecular complexity index is 479. The molecular formula is C14H20FN3O3. The van der Waals surface area contributed by atoms with Gasteiger partial charge in [0.2, 0.25) is 5.91 Å². The molecule has 0 saturated heterocycles. The van der Waals surface area contributed by atoms with Crippen molar-refractivity contribution in [2.75, 3.05) is 6.54 Å². The van der Waals surface area contributed by atoms with Crippen molar-refractivity contribution < 1.29 is 19.1 Å². The highest BCUT2D eigenvalue weighted by Crippen LogP contribution is 2.06. The van der Waals surface area contributed by atoms with E-state index >= 15 is 0 Å². The third kappa shape index (κ3) is 5.88. The summed E-state index contributed by atoms with van der Waals surface area (Å²) >= 11 is 0. The van der Waals surface area contributed by atoms with Crippen molar-refractivity contribution in [1.82, 2.24) is 5.32 Å². The highest BCUT2D eigenvalue weighted by atomic mass is 19.1. The Labute approximate surface area is 122 Å². The first-order valence-electron chi connectivity index (χ1n) is 6.67. The second kappa shape index (κ2) is 8.33. The van der Waals surface area contributed by atoms with Gasteiger partial charge in [0, 0.05) is 0 Å². The lowest BCUT2D eigenvalue weighted by atomic mass is 10.0. The number of rotatable bonds is 8. The molecule has 0 radical (unpaired) electrons. The van der Waals surface area contributed by atoms with Gasteiger partial charge in [-0.25, -0.2) is 9.18 Å². The third-order valence-electron chi connectivity index (χ3n) is 3.02. The fraction of sp³-hybridized carbons (Fsp3) is 0.429. The smallest absolute Gasteiger partial charge is 0.326 e. The first-order valence-corrected chi connectivity index (χ1v) is 6.67. The molecule has 0 spiro atoms. The summed E-state index contributed by atoms with van der Waals surface area (Å²) in [6, 6.07) is 3.73. The van der Waals surface area contributed by atoms with Crippen LogP contribution in [0.3, 0.4) is 0 Å². The monoisotopic (exact) mass is 297 g/mol. The second-order valence-corrected chi connectivity index (χ2v) is 4.77. The molecule has 6 N–H and O–H groups in total. The summed E-state index contributed by atoms with van der Waals surface area (Å²) in [6.45, 7) is 0.348. The number of carboxylic acids is 1. The Balaban J connectivity index is 2.56. The summed E-state index contributed by atoms with van der Waals surface area (Å²) in [6.07, 6.45) is 0.945. The first kappa shape index (κ1) is 17.1. The molecule has 0 saturated carbocycles. The molecule has 21 heavy (non-hydrogen) atoms. The maximum absolute atomic E-state index is 12.8. The van der Waals surface area contributed by atoms with Gasteiger partial charge in [-0.3, -0.25) is 4.79 Å². The van der Waals surface area contributed by atoms with Crippen LogP contribution >= 0.6 is 0 Å². The molecule has 0 aliphatic heterocycles. The van der Waals surface area contributed by atoms with Crippen LogP contribution in [-0.2, 0) is 16.0 Å². The zero-order valence-electron chi connectivity index (χ0n) is 11.6. The molecule has 0 unspecified atom stereocenters. The van der Waals surface area contributed by atoms with Gasteiger partial charge >= 0.3 is 5.97 Å². The number of hydrogen-bond donors (Lipinski definition) is 4. The van der Waals surface area contributed by atoms with Gasteiger partial charge in [0.05, 0.1) is 6.04 Å². The van der Waals surface area contributed by atoms with Gasteiger partial charge in [0.1, 0.15) is 11.9 Å². The van der Waals surface area contributed by atoms with Gasteiger partial charge in [0.15, 0.2) is 0 Å². The van der Waals surface area contributed by atoms with E-state index in [4.69, 9.17) is 16.6 Å². The lowest BCUT2D eigenvalue weighted by Crippen LogP contribution is -2.49. The first-order chi connectivity index (χ1) is 9.93. The molecule has 0 bridgehead atoms. The summed E-state index contributed by atoms with van der Waals surface area (Å²) in [5, 5.41) is 11.4. The molecule has 1 amide bonds. The van der Waals surface area contributed by atoms with Gasteiger partial charge in [-0.05, 0) is 43.5 Å². The molecule has 1 rings (SSSR count). The molecule has 6 nitrogen and oxygen atoms in total. The molecule has 0 heterocycles. The third-order valence-corrected chi connectivity index (χ3v) is 3.02. The number of carbonyl (C=O) groups excluding carboxylic acids is 1. The minimum absolute atomic E-state index is 0.204. The quantitative estimate of drug-likeness (QED) is 0.539. The van der Waals surface area contributed by atoms with E-state index in [2.05, 4.69) is 5.32 Å². The van der Waals surface area contributed by atoms with Gasteiger partial charge in [-0.2, -0.15) is 0 Å². The summed E-state index contributed by atoms with van der Waals surface area (Å²) < 4.78 is 12.8. The van der Waals surface area contributed by atoms with E-state index in [1.807, 2.05) is 0 Å². The van der Waals surface area contributed by atoms with E-state index in [-0.39, 0.29) is 18.7 Å². The minimum atomic E-state index is -1.12. The molecule has 1 aromatic rings. The maximum atomic E-state index is 12.8. The van der Waals surface area contributed by atoms with Gasteiger partial charge in [-0.15, -0.1) is 0 Å². The average Bonchev–Trinajstić information content (AvgIpc) is 2.45. The number of amides is 1. The molecule has 7 heteroatoms. The number of halogens is 1. The van der Waals surface area contributed by atoms with E-state index in [0.29, 0.717) is 18.5 Å². The van der Waals surface area contributed by atoms with Crippen molar-refractivity contribution in [2.24, 2.45) is 11.5 Å². The lowest BCUT2D eigenvalue weighted by Gasteiger charge is -2.17. The van der Waals surface area contributed by atoms with Gasteiger partial charge in [-0.1, -0.05) is 12.1 Å². The van der Waals surface area contributed by atoms with E-state index in [9.17, 15) is 14.0 Å². The highest BCUT2D eigenvalue weighted by molar-refractivity contribution is 5.86. The van der Waals surface area contributed by atoms with Crippen LogP contribution in [0.4, 0.5) is 4.39 Å². The number of carboxylic acid groups (broad SMARTS) is 1. The summed E-state index contributed by atoms with van der Waals surface area (Å²) in [5.41, 5.74) is 11.8. The topological polar surface area (TPSA) is 118 Å². The predicted octanol–water partition coefficient (Wildman–Crippen LogP) is 0.00380. The Morgan fingerprint density at radius 2 is 1.90 bits per heavy atom. The lowest BCUT2D eigenvalue weighted by molar-refractivity contribution is -0.142. The van der Waals surface area contributed by atoms with E-state index in [0.717, 1.165) is 0 Å².